The topological polar surface area (TPSA) is 46.6 Å². The van der Waals surface area contributed by atoms with Gasteiger partial charge in [-0.15, -0.1) is 0 Å². The Bertz CT molecular complexity index is 797. The van der Waals surface area contributed by atoms with Crippen molar-refractivity contribution in [3.8, 4) is 5.75 Å². The van der Waals surface area contributed by atoms with E-state index in [9.17, 15) is 12.8 Å². The van der Waals surface area contributed by atoms with Gasteiger partial charge < -0.3 is 4.74 Å². The van der Waals surface area contributed by atoms with Gasteiger partial charge in [0.1, 0.15) is 6.10 Å². The number of hydrogen-bond donors (Lipinski definition) is 0. The van der Waals surface area contributed by atoms with Crippen LogP contribution >= 0.6 is 0 Å². The van der Waals surface area contributed by atoms with Gasteiger partial charge in [-0.2, -0.15) is 4.31 Å². The fraction of sp³-hybridized carbons (Fsp3) is 0.333. The van der Waals surface area contributed by atoms with Gasteiger partial charge in [0.2, 0.25) is 10.0 Å². The van der Waals surface area contributed by atoms with Gasteiger partial charge in [0.15, 0.2) is 11.6 Å². The van der Waals surface area contributed by atoms with Gasteiger partial charge in [-0.1, -0.05) is 29.8 Å². The highest BCUT2D eigenvalue weighted by Crippen LogP contribution is 2.25. The quantitative estimate of drug-likeness (QED) is 0.850. The first-order valence-electron chi connectivity index (χ1n) is 7.95. The predicted molar refractivity (Wildman–Crippen MR) is 90.0 cm³/mol. The zero-order valence-corrected chi connectivity index (χ0v) is 14.3. The Balaban J connectivity index is 1.64. The van der Waals surface area contributed by atoms with Crippen LogP contribution in [0.25, 0.3) is 0 Å². The lowest BCUT2D eigenvalue weighted by Crippen LogP contribution is -2.41. The summed E-state index contributed by atoms with van der Waals surface area (Å²) in [6.45, 7) is 2.66. The van der Waals surface area contributed by atoms with Crippen molar-refractivity contribution in [1.82, 2.24) is 4.31 Å². The molecule has 1 saturated heterocycles. The smallest absolute Gasteiger partial charge is 0.243 e. The summed E-state index contributed by atoms with van der Waals surface area (Å²) in [5.41, 5.74) is 1.02. The maximum Gasteiger partial charge on any atom is 0.243 e. The third kappa shape index (κ3) is 3.60. The summed E-state index contributed by atoms with van der Waals surface area (Å²) in [5, 5.41) is 0. The van der Waals surface area contributed by atoms with Crippen LogP contribution in [0.15, 0.2) is 53.4 Å². The lowest BCUT2D eigenvalue weighted by Gasteiger charge is -2.31. The van der Waals surface area contributed by atoms with Gasteiger partial charge in [-0.25, -0.2) is 12.8 Å². The molecule has 0 bridgehead atoms. The molecule has 1 fully saturated rings. The SMILES string of the molecule is Cc1ccc(S(=O)(=O)N2CCC(Oc3ccccc3F)CC2)cc1. The number of para-hydroxylation sites is 1. The summed E-state index contributed by atoms with van der Waals surface area (Å²) >= 11 is 0. The van der Waals surface area contributed by atoms with Crippen molar-refractivity contribution in [1.29, 1.82) is 0 Å². The van der Waals surface area contributed by atoms with E-state index in [1.165, 1.54) is 10.4 Å². The standard InChI is InChI=1S/C18H20FNO3S/c1-14-6-8-16(9-7-14)24(21,22)20-12-10-15(11-13-20)23-18-5-3-2-4-17(18)19/h2-9,15H,10-13H2,1H3. The molecule has 0 N–H and O–H groups in total. The van der Waals surface area contributed by atoms with Crippen LogP contribution in [-0.2, 0) is 10.0 Å². The first kappa shape index (κ1) is 16.9. The molecule has 1 aliphatic rings. The molecule has 1 aliphatic heterocycles. The van der Waals surface area contributed by atoms with Crippen LogP contribution < -0.4 is 4.74 Å². The number of benzene rings is 2. The molecule has 6 heteroatoms. The Morgan fingerprint density at radius 2 is 1.67 bits per heavy atom. The van der Waals surface area contributed by atoms with E-state index >= 15 is 0 Å². The minimum Gasteiger partial charge on any atom is -0.487 e. The molecular formula is C18H20FNO3S. The van der Waals surface area contributed by atoms with Gasteiger partial charge >= 0.3 is 0 Å². The van der Waals surface area contributed by atoms with Crippen molar-refractivity contribution in [2.24, 2.45) is 0 Å². The zero-order chi connectivity index (χ0) is 17.2. The molecule has 1 heterocycles. The Morgan fingerprint density at radius 1 is 1.04 bits per heavy atom. The molecule has 0 saturated carbocycles. The first-order chi connectivity index (χ1) is 11.5. The minimum absolute atomic E-state index is 0.175. The number of piperidine rings is 1. The number of hydrogen-bond acceptors (Lipinski definition) is 3. The highest BCUT2D eigenvalue weighted by Gasteiger charge is 2.30. The van der Waals surface area contributed by atoms with E-state index in [1.54, 1.807) is 42.5 Å². The van der Waals surface area contributed by atoms with Crippen LogP contribution in [0, 0.1) is 12.7 Å². The highest BCUT2D eigenvalue weighted by molar-refractivity contribution is 7.89. The molecule has 0 radical (unpaired) electrons. The van der Waals surface area contributed by atoms with Crippen molar-refractivity contribution in [3.05, 3.63) is 59.9 Å². The fourth-order valence-corrected chi connectivity index (χ4v) is 4.24. The van der Waals surface area contributed by atoms with Crippen LogP contribution in [0.5, 0.6) is 5.75 Å². The molecule has 3 rings (SSSR count). The second-order valence-corrected chi connectivity index (χ2v) is 7.90. The normalized spacial score (nSPS) is 16.9. The molecule has 4 nitrogen and oxygen atoms in total. The van der Waals surface area contributed by atoms with E-state index in [1.807, 2.05) is 6.92 Å². The zero-order valence-electron chi connectivity index (χ0n) is 13.5. The van der Waals surface area contributed by atoms with E-state index in [-0.39, 0.29) is 11.9 Å². The Hall–Kier alpha value is -1.92. The number of rotatable bonds is 4. The van der Waals surface area contributed by atoms with Crippen molar-refractivity contribution >= 4 is 10.0 Å². The van der Waals surface area contributed by atoms with Gasteiger partial charge in [0, 0.05) is 13.1 Å². The predicted octanol–water partition coefficient (Wildman–Crippen LogP) is 3.37. The van der Waals surface area contributed by atoms with E-state index < -0.39 is 15.8 Å². The summed E-state index contributed by atoms with van der Waals surface area (Å²) in [6, 6.07) is 13.1. The molecular weight excluding hydrogens is 329 g/mol. The van der Waals surface area contributed by atoms with Gasteiger partial charge in [0.05, 0.1) is 4.90 Å². The number of nitrogens with zero attached hydrogens (tertiary/aromatic N) is 1. The van der Waals surface area contributed by atoms with Crippen molar-refractivity contribution < 1.29 is 17.5 Å². The molecule has 128 valence electrons. The second-order valence-electron chi connectivity index (χ2n) is 5.96. The molecule has 2 aromatic rings. The lowest BCUT2D eigenvalue weighted by atomic mass is 10.1. The summed E-state index contributed by atoms with van der Waals surface area (Å²) in [5.74, 6) is -0.176. The molecule has 0 atom stereocenters. The van der Waals surface area contributed by atoms with Crippen molar-refractivity contribution in [2.75, 3.05) is 13.1 Å². The summed E-state index contributed by atoms with van der Waals surface area (Å²) in [4.78, 5) is 0.307. The molecule has 0 spiro atoms. The highest BCUT2D eigenvalue weighted by atomic mass is 32.2. The van der Waals surface area contributed by atoms with Crippen molar-refractivity contribution in [2.45, 2.75) is 30.8 Å². The molecule has 2 aromatic carbocycles. The number of halogens is 1. The molecule has 24 heavy (non-hydrogen) atoms. The average Bonchev–Trinajstić information content (AvgIpc) is 2.58. The monoisotopic (exact) mass is 349 g/mol. The first-order valence-corrected chi connectivity index (χ1v) is 9.39. The molecule has 0 unspecified atom stereocenters. The maximum absolute atomic E-state index is 13.6. The average molecular weight is 349 g/mol. The Labute approximate surface area is 141 Å². The summed E-state index contributed by atoms with van der Waals surface area (Å²) in [6.07, 6.45) is 0.908. The van der Waals surface area contributed by atoms with Gasteiger partial charge in [0.25, 0.3) is 0 Å². The molecule has 0 aliphatic carbocycles. The van der Waals surface area contributed by atoms with Crippen LogP contribution in [0.2, 0.25) is 0 Å². The third-order valence-electron chi connectivity index (χ3n) is 4.19. The van der Waals surface area contributed by atoms with E-state index in [2.05, 4.69) is 0 Å². The van der Waals surface area contributed by atoms with E-state index in [4.69, 9.17) is 4.74 Å². The molecule has 0 amide bonds. The summed E-state index contributed by atoms with van der Waals surface area (Å²) in [7, 11) is -3.48. The second kappa shape index (κ2) is 6.91. The van der Waals surface area contributed by atoms with Crippen molar-refractivity contribution in [3.63, 3.8) is 0 Å². The van der Waals surface area contributed by atoms with Crippen LogP contribution in [0.4, 0.5) is 4.39 Å². The Kier molecular flexibility index (Phi) is 4.87. The maximum atomic E-state index is 13.6. The molecule has 0 aromatic heterocycles. The number of sulfonamides is 1. The van der Waals surface area contributed by atoms with Gasteiger partial charge in [-0.3, -0.25) is 0 Å². The van der Waals surface area contributed by atoms with E-state index in [0.717, 1.165) is 5.56 Å². The van der Waals surface area contributed by atoms with Gasteiger partial charge in [-0.05, 0) is 44.0 Å². The number of aryl methyl sites for hydroxylation is 1. The fourth-order valence-electron chi connectivity index (χ4n) is 2.77. The summed E-state index contributed by atoms with van der Waals surface area (Å²) < 4.78 is 46.1. The largest absolute Gasteiger partial charge is 0.487 e. The third-order valence-corrected chi connectivity index (χ3v) is 6.10. The Morgan fingerprint density at radius 3 is 2.29 bits per heavy atom. The van der Waals surface area contributed by atoms with Crippen LogP contribution in [0.1, 0.15) is 18.4 Å². The van der Waals surface area contributed by atoms with Crippen LogP contribution in [-0.4, -0.2) is 31.9 Å². The minimum atomic E-state index is -3.48. The number of ether oxygens (including phenoxy) is 1. The lowest BCUT2D eigenvalue weighted by molar-refractivity contribution is 0.130. The van der Waals surface area contributed by atoms with Crippen LogP contribution in [0.3, 0.4) is 0 Å². The van der Waals surface area contributed by atoms with E-state index in [0.29, 0.717) is 30.8 Å².